The van der Waals surface area contributed by atoms with E-state index in [0.717, 1.165) is 11.4 Å². The van der Waals surface area contributed by atoms with Gasteiger partial charge in [-0.3, -0.25) is 9.69 Å². The molecule has 6 nitrogen and oxygen atoms in total. The van der Waals surface area contributed by atoms with Gasteiger partial charge in [0.15, 0.2) is 0 Å². The highest BCUT2D eigenvalue weighted by atomic mass is 35.5. The Kier molecular flexibility index (Phi) is 3.77. The van der Waals surface area contributed by atoms with Crippen LogP contribution in [0.5, 0.6) is 0 Å². The molecular weight excluding hydrogens is 302 g/mol. The zero-order chi connectivity index (χ0) is 15.7. The second-order valence-electron chi connectivity index (χ2n) is 4.96. The van der Waals surface area contributed by atoms with E-state index >= 15 is 0 Å². The number of amides is 1. The summed E-state index contributed by atoms with van der Waals surface area (Å²) >= 11 is 6.00. The minimum atomic E-state index is -0.591. The molecule has 0 saturated carbocycles. The van der Waals surface area contributed by atoms with Crippen LogP contribution >= 0.6 is 11.6 Å². The molecule has 22 heavy (non-hydrogen) atoms. The summed E-state index contributed by atoms with van der Waals surface area (Å²) in [4.78, 5) is 26.4. The maximum Gasteiger partial charge on any atom is 0.272 e. The molecule has 1 aliphatic heterocycles. The van der Waals surface area contributed by atoms with Gasteiger partial charge in [0.25, 0.3) is 5.91 Å². The number of nitrogens with zero attached hydrogens (tertiary/aromatic N) is 4. The summed E-state index contributed by atoms with van der Waals surface area (Å²) in [6.45, 7) is 3.77. The normalized spacial score (nSPS) is 17.1. The van der Waals surface area contributed by atoms with E-state index in [1.54, 1.807) is 24.3 Å². The van der Waals surface area contributed by atoms with E-state index in [4.69, 9.17) is 11.6 Å². The number of anilines is 2. The smallest absolute Gasteiger partial charge is 0.272 e. The van der Waals surface area contributed by atoms with Gasteiger partial charge in [-0.2, -0.15) is 0 Å². The van der Waals surface area contributed by atoms with Gasteiger partial charge in [0.05, 0.1) is 6.21 Å². The number of halogens is 1. The predicted molar refractivity (Wildman–Crippen MR) is 86.3 cm³/mol. The van der Waals surface area contributed by atoms with Crippen molar-refractivity contribution >= 4 is 35.4 Å². The largest absolute Gasteiger partial charge is 0.315 e. The van der Waals surface area contributed by atoms with Crippen LogP contribution in [0.25, 0.3) is 0 Å². The van der Waals surface area contributed by atoms with Crippen molar-refractivity contribution in [1.29, 1.82) is 0 Å². The lowest BCUT2D eigenvalue weighted by Gasteiger charge is -2.24. The monoisotopic (exact) mass is 315 g/mol. The molecule has 0 bridgehead atoms. The summed E-state index contributed by atoms with van der Waals surface area (Å²) in [5.41, 5.74) is 2.35. The molecule has 1 aromatic carbocycles. The van der Waals surface area contributed by atoms with E-state index < -0.39 is 6.29 Å². The van der Waals surface area contributed by atoms with Crippen molar-refractivity contribution in [3.05, 3.63) is 46.7 Å². The van der Waals surface area contributed by atoms with Crippen LogP contribution in [0.3, 0.4) is 0 Å². The standard InChI is InChI=1S/C15H14ClN5O/c1-9-6-10(2)19-14(18-9)20-15-17-8-13(22)21(15)12-5-3-4-11(16)7-12/h3-8,15H,1-2H3,(H,18,19,20). The lowest BCUT2D eigenvalue weighted by Crippen LogP contribution is -2.39. The first kappa shape index (κ1) is 14.5. The lowest BCUT2D eigenvalue weighted by atomic mass is 10.3. The molecule has 1 unspecified atom stereocenters. The van der Waals surface area contributed by atoms with E-state index in [2.05, 4.69) is 20.3 Å². The highest BCUT2D eigenvalue weighted by molar-refractivity contribution is 6.35. The fraction of sp³-hybridized carbons (Fsp3) is 0.200. The highest BCUT2D eigenvalue weighted by Crippen LogP contribution is 2.24. The van der Waals surface area contributed by atoms with Crippen LogP contribution in [0, 0.1) is 13.8 Å². The molecule has 0 spiro atoms. The van der Waals surface area contributed by atoms with Crippen LogP contribution in [-0.2, 0) is 4.79 Å². The van der Waals surface area contributed by atoms with Crippen LogP contribution in [0.2, 0.25) is 5.02 Å². The Morgan fingerprint density at radius 3 is 2.59 bits per heavy atom. The summed E-state index contributed by atoms with van der Waals surface area (Å²) in [5, 5.41) is 3.62. The van der Waals surface area contributed by atoms with Crippen LogP contribution in [0.15, 0.2) is 35.3 Å². The number of carbonyl (C=O) groups excluding carboxylic acids is 1. The number of aliphatic imine (C=N–C) groups is 1. The number of carbonyl (C=O) groups is 1. The van der Waals surface area contributed by atoms with E-state index in [1.165, 1.54) is 11.1 Å². The Balaban J connectivity index is 1.89. The second kappa shape index (κ2) is 5.73. The molecule has 3 rings (SSSR count). The maximum absolute atomic E-state index is 12.1. The zero-order valence-electron chi connectivity index (χ0n) is 12.1. The Hall–Kier alpha value is -2.47. The SMILES string of the molecule is Cc1cc(C)nc(NC2N=CC(=O)N2c2cccc(Cl)c2)n1. The number of benzene rings is 1. The quantitative estimate of drug-likeness (QED) is 0.945. The summed E-state index contributed by atoms with van der Waals surface area (Å²) in [7, 11) is 0. The number of aryl methyl sites for hydroxylation is 2. The summed E-state index contributed by atoms with van der Waals surface area (Å²) in [6.07, 6.45) is 0.688. The first-order valence-electron chi connectivity index (χ1n) is 6.74. The second-order valence-corrected chi connectivity index (χ2v) is 5.40. The number of aromatic nitrogens is 2. The maximum atomic E-state index is 12.1. The van der Waals surface area contributed by atoms with Gasteiger partial charge >= 0.3 is 0 Å². The molecule has 1 atom stereocenters. The van der Waals surface area contributed by atoms with Crippen molar-refractivity contribution in [2.24, 2.45) is 4.99 Å². The Labute approximate surface area is 132 Å². The van der Waals surface area contributed by atoms with Crippen LogP contribution in [0.4, 0.5) is 11.6 Å². The minimum absolute atomic E-state index is 0.218. The lowest BCUT2D eigenvalue weighted by molar-refractivity contribution is -0.111. The molecule has 0 aliphatic carbocycles. The molecule has 1 aliphatic rings. The van der Waals surface area contributed by atoms with Crippen LogP contribution in [-0.4, -0.2) is 28.4 Å². The first-order chi connectivity index (χ1) is 10.5. The van der Waals surface area contributed by atoms with E-state index in [9.17, 15) is 4.79 Å². The Morgan fingerprint density at radius 1 is 1.18 bits per heavy atom. The third-order valence-electron chi connectivity index (χ3n) is 3.14. The molecule has 1 aromatic heterocycles. The highest BCUT2D eigenvalue weighted by Gasteiger charge is 2.29. The van der Waals surface area contributed by atoms with Gasteiger partial charge in [0, 0.05) is 22.1 Å². The molecule has 0 saturated heterocycles. The van der Waals surface area contributed by atoms with Gasteiger partial charge in [-0.15, -0.1) is 0 Å². The molecule has 7 heteroatoms. The van der Waals surface area contributed by atoms with E-state index in [1.807, 2.05) is 19.9 Å². The fourth-order valence-corrected chi connectivity index (χ4v) is 2.47. The van der Waals surface area contributed by atoms with Crippen molar-refractivity contribution in [2.75, 3.05) is 10.2 Å². The molecule has 1 N–H and O–H groups in total. The Bertz CT molecular complexity index is 741. The van der Waals surface area contributed by atoms with Crippen molar-refractivity contribution < 1.29 is 4.79 Å². The first-order valence-corrected chi connectivity index (χ1v) is 7.11. The van der Waals surface area contributed by atoms with Gasteiger partial charge in [0.1, 0.15) is 0 Å². The third kappa shape index (κ3) is 2.92. The fourth-order valence-electron chi connectivity index (χ4n) is 2.29. The molecular formula is C15H14ClN5O. The van der Waals surface area contributed by atoms with Gasteiger partial charge in [-0.1, -0.05) is 17.7 Å². The molecule has 2 aromatic rings. The predicted octanol–water partition coefficient (Wildman–Crippen LogP) is 2.56. The average Bonchev–Trinajstić information content (AvgIpc) is 2.78. The van der Waals surface area contributed by atoms with Gasteiger partial charge in [-0.25, -0.2) is 15.0 Å². The average molecular weight is 316 g/mol. The number of hydrogen-bond donors (Lipinski definition) is 1. The molecule has 0 radical (unpaired) electrons. The molecule has 1 amide bonds. The van der Waals surface area contributed by atoms with E-state index in [-0.39, 0.29) is 5.91 Å². The third-order valence-corrected chi connectivity index (χ3v) is 3.37. The van der Waals surface area contributed by atoms with E-state index in [0.29, 0.717) is 16.7 Å². The summed E-state index contributed by atoms with van der Waals surface area (Å²) < 4.78 is 0. The molecule has 0 fully saturated rings. The van der Waals surface area contributed by atoms with Crippen molar-refractivity contribution in [2.45, 2.75) is 20.1 Å². The number of nitrogens with one attached hydrogen (secondary N) is 1. The van der Waals surface area contributed by atoms with Crippen LogP contribution < -0.4 is 10.2 Å². The topological polar surface area (TPSA) is 70.5 Å². The van der Waals surface area contributed by atoms with Gasteiger partial charge in [0.2, 0.25) is 12.2 Å². The summed E-state index contributed by atoms with van der Waals surface area (Å²) in [5.74, 6) is 0.213. The molecule has 2 heterocycles. The van der Waals surface area contributed by atoms with Crippen molar-refractivity contribution in [3.63, 3.8) is 0 Å². The van der Waals surface area contributed by atoms with Gasteiger partial charge < -0.3 is 5.32 Å². The van der Waals surface area contributed by atoms with Crippen molar-refractivity contribution in [3.8, 4) is 0 Å². The Morgan fingerprint density at radius 2 is 1.91 bits per heavy atom. The molecule has 112 valence electrons. The van der Waals surface area contributed by atoms with Crippen molar-refractivity contribution in [1.82, 2.24) is 9.97 Å². The summed E-state index contributed by atoms with van der Waals surface area (Å²) in [6, 6.07) is 8.93. The minimum Gasteiger partial charge on any atom is -0.315 e. The van der Waals surface area contributed by atoms with Gasteiger partial charge in [-0.05, 0) is 38.1 Å². The van der Waals surface area contributed by atoms with Crippen LogP contribution in [0.1, 0.15) is 11.4 Å². The number of rotatable bonds is 3. The zero-order valence-corrected chi connectivity index (χ0v) is 12.9. The number of hydrogen-bond acceptors (Lipinski definition) is 5.